The van der Waals surface area contributed by atoms with E-state index in [-0.39, 0.29) is 10.8 Å². The number of amides is 1. The van der Waals surface area contributed by atoms with E-state index in [1.165, 1.54) is 12.5 Å². The van der Waals surface area contributed by atoms with Crippen LogP contribution in [-0.2, 0) is 27.8 Å². The monoisotopic (exact) mass is 477 g/mol. The number of rotatable bonds is 4. The number of sulfonamides is 1. The highest BCUT2D eigenvalue weighted by molar-refractivity contribution is 9.10. The summed E-state index contributed by atoms with van der Waals surface area (Å²) in [6.45, 7) is 5.22. The summed E-state index contributed by atoms with van der Waals surface area (Å²) in [5.74, 6) is -0.0658. The van der Waals surface area contributed by atoms with E-state index in [0.717, 1.165) is 18.5 Å². The number of anilines is 1. The first-order valence-electron chi connectivity index (χ1n) is 9.73. The smallest absolute Gasteiger partial charge is 0.244 e. The van der Waals surface area contributed by atoms with Crippen LogP contribution in [0.1, 0.15) is 18.1 Å². The number of hydrogen-bond donors (Lipinski definition) is 0. The minimum Gasteiger partial charge on any atom is -0.312 e. The molecule has 1 saturated heterocycles. The van der Waals surface area contributed by atoms with Crippen molar-refractivity contribution in [2.24, 2.45) is 0 Å². The molecule has 2 aromatic carbocycles. The molecule has 2 aliphatic heterocycles. The lowest BCUT2D eigenvalue weighted by Gasteiger charge is -2.34. The number of hydrogen-bond acceptors (Lipinski definition) is 4. The highest BCUT2D eigenvalue weighted by Crippen LogP contribution is 2.36. The van der Waals surface area contributed by atoms with Crippen LogP contribution in [0.3, 0.4) is 0 Å². The van der Waals surface area contributed by atoms with Crippen molar-refractivity contribution in [3.05, 3.63) is 58.1 Å². The lowest BCUT2D eigenvalue weighted by atomic mass is 10.2. The molecule has 29 heavy (non-hydrogen) atoms. The third-order valence-electron chi connectivity index (χ3n) is 5.61. The summed E-state index contributed by atoms with van der Waals surface area (Å²) in [4.78, 5) is 16.1. The van der Waals surface area contributed by atoms with Gasteiger partial charge in [0.05, 0.1) is 4.90 Å². The number of nitrogens with zero attached hydrogens (tertiary/aromatic N) is 3. The van der Waals surface area contributed by atoms with Crippen LogP contribution in [0.15, 0.2) is 51.8 Å². The Morgan fingerprint density at radius 3 is 2.38 bits per heavy atom. The summed E-state index contributed by atoms with van der Waals surface area (Å²) in [5.41, 5.74) is 2.94. The van der Waals surface area contributed by atoms with Crippen molar-refractivity contribution in [1.82, 2.24) is 9.21 Å². The molecule has 2 aliphatic rings. The number of carbonyl (C=O) groups excluding carboxylic acids is 1. The Labute approximate surface area is 180 Å². The summed E-state index contributed by atoms with van der Waals surface area (Å²) in [6, 6.07) is 13.7. The Morgan fingerprint density at radius 2 is 1.72 bits per heavy atom. The van der Waals surface area contributed by atoms with Crippen molar-refractivity contribution in [2.75, 3.05) is 37.6 Å². The summed E-state index contributed by atoms with van der Waals surface area (Å²) in [6.07, 6.45) is 0.742. The number of carbonyl (C=O) groups is 1. The topological polar surface area (TPSA) is 60.9 Å². The van der Waals surface area contributed by atoms with E-state index in [2.05, 4.69) is 33.0 Å². The molecule has 0 spiro atoms. The molecule has 2 aromatic rings. The Hall–Kier alpha value is -1.74. The highest BCUT2D eigenvalue weighted by Gasteiger charge is 2.33. The zero-order valence-corrected chi connectivity index (χ0v) is 18.7. The first kappa shape index (κ1) is 20.5. The molecular weight excluding hydrogens is 454 g/mol. The molecule has 0 unspecified atom stereocenters. The maximum atomic E-state index is 13.3. The summed E-state index contributed by atoms with van der Waals surface area (Å²) in [5, 5.41) is 0. The number of piperazine rings is 1. The van der Waals surface area contributed by atoms with Crippen LogP contribution < -0.4 is 4.90 Å². The van der Waals surface area contributed by atoms with Gasteiger partial charge in [0.2, 0.25) is 15.9 Å². The second-order valence-corrected chi connectivity index (χ2v) is 10.3. The first-order chi connectivity index (χ1) is 13.9. The molecule has 0 aliphatic carbocycles. The molecule has 2 heterocycles. The Bertz CT molecular complexity index is 1020. The summed E-state index contributed by atoms with van der Waals surface area (Å²) >= 11 is 3.45. The van der Waals surface area contributed by atoms with Gasteiger partial charge in [-0.3, -0.25) is 9.69 Å². The quantitative estimate of drug-likeness (QED) is 0.678. The fourth-order valence-electron chi connectivity index (χ4n) is 4.02. The van der Waals surface area contributed by atoms with Crippen LogP contribution in [0.25, 0.3) is 0 Å². The Morgan fingerprint density at radius 1 is 1.03 bits per heavy atom. The van der Waals surface area contributed by atoms with E-state index >= 15 is 0 Å². The molecule has 0 N–H and O–H groups in total. The fraction of sp³-hybridized carbons (Fsp3) is 0.381. The van der Waals surface area contributed by atoms with Gasteiger partial charge in [-0.05, 0) is 45.6 Å². The van der Waals surface area contributed by atoms with Crippen LogP contribution in [-0.4, -0.2) is 56.3 Å². The third-order valence-corrected chi connectivity index (χ3v) is 8.46. The van der Waals surface area contributed by atoms with Crippen molar-refractivity contribution in [1.29, 1.82) is 0 Å². The normalized spacial score (nSPS) is 18.1. The molecule has 0 saturated carbocycles. The van der Waals surface area contributed by atoms with E-state index in [4.69, 9.17) is 0 Å². The minimum atomic E-state index is -3.64. The van der Waals surface area contributed by atoms with Crippen LogP contribution in [0, 0.1) is 0 Å². The summed E-state index contributed by atoms with van der Waals surface area (Å²) < 4.78 is 28.8. The number of benzene rings is 2. The summed E-state index contributed by atoms with van der Waals surface area (Å²) in [7, 11) is -3.64. The second kappa shape index (κ2) is 8.18. The van der Waals surface area contributed by atoms with Crippen molar-refractivity contribution in [2.45, 2.75) is 24.8 Å². The predicted octanol–water partition coefficient (Wildman–Crippen LogP) is 2.86. The average molecular weight is 478 g/mol. The minimum absolute atomic E-state index is 0.0658. The van der Waals surface area contributed by atoms with Crippen molar-refractivity contribution in [3.8, 4) is 0 Å². The van der Waals surface area contributed by atoms with Crippen LogP contribution in [0.4, 0.5) is 5.69 Å². The second-order valence-electron chi connectivity index (χ2n) is 7.50. The van der Waals surface area contributed by atoms with E-state index in [1.54, 1.807) is 15.3 Å². The Balaban J connectivity index is 1.51. The van der Waals surface area contributed by atoms with Crippen LogP contribution in [0.2, 0.25) is 0 Å². The Kier molecular flexibility index (Phi) is 5.79. The molecule has 1 fully saturated rings. The molecule has 1 amide bonds. The van der Waals surface area contributed by atoms with Crippen molar-refractivity contribution >= 4 is 37.5 Å². The van der Waals surface area contributed by atoms with Gasteiger partial charge in [-0.2, -0.15) is 4.31 Å². The van der Waals surface area contributed by atoms with E-state index in [0.29, 0.717) is 42.9 Å². The fourth-order valence-corrected chi connectivity index (χ4v) is 6.51. The lowest BCUT2D eigenvalue weighted by molar-refractivity contribution is -0.116. The molecule has 6 nitrogen and oxygen atoms in total. The standard InChI is InChI=1S/C21H24BrN3O3S/c1-16(26)25-8-7-18-13-19(22)21(14-20(18)25)29(27,28)24-11-9-23(10-12-24)15-17-5-3-2-4-6-17/h2-6,13-14H,7-12,15H2,1H3. The molecule has 8 heteroatoms. The number of fused-ring (bicyclic) bond motifs is 1. The van der Waals surface area contributed by atoms with Gasteiger partial charge in [0.1, 0.15) is 0 Å². The first-order valence-corrected chi connectivity index (χ1v) is 12.0. The highest BCUT2D eigenvalue weighted by atomic mass is 79.9. The van der Waals surface area contributed by atoms with Gasteiger partial charge in [0, 0.05) is 56.4 Å². The predicted molar refractivity (Wildman–Crippen MR) is 116 cm³/mol. The maximum absolute atomic E-state index is 13.3. The van der Waals surface area contributed by atoms with Gasteiger partial charge in [-0.25, -0.2) is 8.42 Å². The van der Waals surface area contributed by atoms with Gasteiger partial charge >= 0.3 is 0 Å². The van der Waals surface area contributed by atoms with Gasteiger partial charge in [0.15, 0.2) is 0 Å². The third kappa shape index (κ3) is 4.12. The largest absolute Gasteiger partial charge is 0.312 e. The van der Waals surface area contributed by atoms with Gasteiger partial charge in [0.25, 0.3) is 0 Å². The zero-order valence-electron chi connectivity index (χ0n) is 16.3. The zero-order chi connectivity index (χ0) is 20.6. The van der Waals surface area contributed by atoms with Gasteiger partial charge in [-0.1, -0.05) is 30.3 Å². The van der Waals surface area contributed by atoms with Crippen LogP contribution in [0.5, 0.6) is 0 Å². The van der Waals surface area contributed by atoms with Crippen molar-refractivity contribution in [3.63, 3.8) is 0 Å². The maximum Gasteiger partial charge on any atom is 0.244 e. The SMILES string of the molecule is CC(=O)N1CCc2cc(Br)c(S(=O)(=O)N3CCN(Cc4ccccc4)CC3)cc21. The molecule has 0 radical (unpaired) electrons. The van der Waals surface area contributed by atoms with Crippen molar-refractivity contribution < 1.29 is 13.2 Å². The number of halogens is 1. The van der Waals surface area contributed by atoms with Crippen LogP contribution >= 0.6 is 15.9 Å². The van der Waals surface area contributed by atoms with E-state index < -0.39 is 10.0 Å². The van der Waals surface area contributed by atoms with Gasteiger partial charge < -0.3 is 4.90 Å². The van der Waals surface area contributed by atoms with Gasteiger partial charge in [-0.15, -0.1) is 0 Å². The molecule has 154 valence electrons. The lowest BCUT2D eigenvalue weighted by Crippen LogP contribution is -2.48. The molecular formula is C21H24BrN3O3S. The molecule has 0 atom stereocenters. The molecule has 0 bridgehead atoms. The van der Waals surface area contributed by atoms with E-state index in [9.17, 15) is 13.2 Å². The molecule has 0 aromatic heterocycles. The van der Waals surface area contributed by atoms with E-state index in [1.807, 2.05) is 24.3 Å². The average Bonchev–Trinajstić information content (AvgIpc) is 3.11. The molecule has 4 rings (SSSR count).